The minimum absolute atomic E-state index is 0.609. The van der Waals surface area contributed by atoms with Gasteiger partial charge in [-0.1, -0.05) is 15.9 Å². The number of aliphatic hydroxyl groups is 1. The van der Waals surface area contributed by atoms with Gasteiger partial charge in [0.05, 0.1) is 7.11 Å². The van der Waals surface area contributed by atoms with E-state index in [-0.39, 0.29) is 0 Å². The Morgan fingerprint density at radius 2 is 2.00 bits per heavy atom. The zero-order chi connectivity index (χ0) is 11.1. The Hall–Kier alpha value is -0.870. The zero-order valence-corrected chi connectivity index (χ0v) is 9.96. The molecule has 0 radical (unpaired) electrons. The molecule has 0 aliphatic heterocycles. The number of rotatable bonds is 2. The molecule has 4 heteroatoms. The van der Waals surface area contributed by atoms with Crippen molar-refractivity contribution in [2.45, 2.75) is 6.92 Å². The molecular weight excluding hydrogens is 248 g/mol. The number of hydrogen-bond acceptors (Lipinski definition) is 3. The number of carbonyl (C=O) groups is 1. The Morgan fingerprint density at radius 3 is 2.43 bits per heavy atom. The third-order valence-corrected chi connectivity index (χ3v) is 2.33. The first-order chi connectivity index (χ1) is 6.69. The van der Waals surface area contributed by atoms with Crippen LogP contribution >= 0.6 is 15.9 Å². The summed E-state index contributed by atoms with van der Waals surface area (Å²) in [5.41, 5.74) is 1.62. The van der Waals surface area contributed by atoms with E-state index in [2.05, 4.69) is 15.9 Å². The average Bonchev–Trinajstić information content (AvgIpc) is 2.21. The summed E-state index contributed by atoms with van der Waals surface area (Å²) < 4.78 is 5.86. The lowest BCUT2D eigenvalue weighted by Gasteiger charge is -2.05. The van der Waals surface area contributed by atoms with Crippen LogP contribution in [0.4, 0.5) is 0 Å². The molecule has 0 heterocycles. The highest BCUT2D eigenvalue weighted by Gasteiger charge is 2.04. The van der Waals surface area contributed by atoms with Crippen molar-refractivity contribution in [1.29, 1.82) is 0 Å². The van der Waals surface area contributed by atoms with Gasteiger partial charge in [0.15, 0.2) is 6.29 Å². The second-order valence-electron chi connectivity index (χ2n) is 2.46. The first-order valence-electron chi connectivity index (χ1n) is 3.93. The minimum atomic E-state index is 0.609. The summed E-state index contributed by atoms with van der Waals surface area (Å²) >= 11 is 3.28. The van der Waals surface area contributed by atoms with Crippen molar-refractivity contribution in [3.63, 3.8) is 0 Å². The van der Waals surface area contributed by atoms with E-state index < -0.39 is 0 Å². The van der Waals surface area contributed by atoms with E-state index in [0.29, 0.717) is 5.56 Å². The molecule has 0 atom stereocenters. The molecule has 1 rings (SSSR count). The number of aldehydes is 1. The Labute approximate surface area is 91.8 Å². The predicted molar refractivity (Wildman–Crippen MR) is 59.0 cm³/mol. The van der Waals surface area contributed by atoms with E-state index in [9.17, 15) is 4.79 Å². The molecule has 1 aromatic rings. The summed E-state index contributed by atoms with van der Waals surface area (Å²) in [4.78, 5) is 10.5. The van der Waals surface area contributed by atoms with Crippen LogP contribution in [0.3, 0.4) is 0 Å². The van der Waals surface area contributed by atoms with E-state index in [1.54, 1.807) is 13.2 Å². The molecule has 0 unspecified atom stereocenters. The van der Waals surface area contributed by atoms with Crippen LogP contribution in [0.1, 0.15) is 15.9 Å². The summed E-state index contributed by atoms with van der Waals surface area (Å²) in [6.07, 6.45) is 0.798. The topological polar surface area (TPSA) is 46.5 Å². The van der Waals surface area contributed by atoms with Crippen LogP contribution in [0.2, 0.25) is 0 Å². The smallest absolute Gasteiger partial charge is 0.151 e. The number of aryl methyl sites for hydroxylation is 1. The van der Waals surface area contributed by atoms with Gasteiger partial charge in [0.25, 0.3) is 0 Å². The highest BCUT2D eigenvalue weighted by Crippen LogP contribution is 2.25. The fourth-order valence-corrected chi connectivity index (χ4v) is 1.53. The van der Waals surface area contributed by atoms with Crippen molar-refractivity contribution in [3.05, 3.63) is 27.7 Å². The third-order valence-electron chi connectivity index (χ3n) is 1.64. The van der Waals surface area contributed by atoms with Crippen LogP contribution < -0.4 is 4.74 Å². The Balaban J connectivity index is 0.000000791. The van der Waals surface area contributed by atoms with Gasteiger partial charge in [0.2, 0.25) is 0 Å². The zero-order valence-electron chi connectivity index (χ0n) is 8.37. The number of aliphatic hydroxyl groups excluding tert-OH is 1. The van der Waals surface area contributed by atoms with Gasteiger partial charge in [-0.2, -0.15) is 0 Å². The lowest BCUT2D eigenvalue weighted by Crippen LogP contribution is -1.90. The second kappa shape index (κ2) is 6.56. The number of benzene rings is 1. The molecule has 78 valence electrons. The SMILES string of the molecule is CO.COc1cc(C=O)c(Br)cc1C. The van der Waals surface area contributed by atoms with E-state index in [1.807, 2.05) is 13.0 Å². The standard InChI is InChI=1S/C9H9BrO2.CH4O/c1-6-3-8(10)7(5-11)4-9(6)12-2;1-2/h3-5H,1-2H3;2H,1H3. The number of ether oxygens (including phenoxy) is 1. The molecule has 0 aliphatic rings. The van der Waals surface area contributed by atoms with Gasteiger partial charge >= 0.3 is 0 Å². The van der Waals surface area contributed by atoms with Crippen molar-refractivity contribution < 1.29 is 14.6 Å². The van der Waals surface area contributed by atoms with Crippen molar-refractivity contribution in [2.24, 2.45) is 0 Å². The maximum Gasteiger partial charge on any atom is 0.151 e. The summed E-state index contributed by atoms with van der Waals surface area (Å²) in [6.45, 7) is 1.93. The van der Waals surface area contributed by atoms with Crippen LogP contribution in [0.5, 0.6) is 5.75 Å². The third kappa shape index (κ3) is 3.12. The molecule has 0 saturated heterocycles. The predicted octanol–water partition coefficient (Wildman–Crippen LogP) is 2.19. The number of methoxy groups -OCH3 is 1. The summed E-state index contributed by atoms with van der Waals surface area (Å²) in [6, 6.07) is 3.58. The van der Waals surface area contributed by atoms with Crippen molar-refractivity contribution in [1.82, 2.24) is 0 Å². The average molecular weight is 261 g/mol. The van der Waals surface area contributed by atoms with Gasteiger partial charge in [-0.3, -0.25) is 4.79 Å². The Morgan fingerprint density at radius 1 is 1.43 bits per heavy atom. The first kappa shape index (κ1) is 13.1. The van der Waals surface area contributed by atoms with Gasteiger partial charge in [-0.15, -0.1) is 0 Å². The summed E-state index contributed by atoms with van der Waals surface area (Å²) in [7, 11) is 2.59. The van der Waals surface area contributed by atoms with Crippen LogP contribution in [-0.2, 0) is 0 Å². The monoisotopic (exact) mass is 260 g/mol. The quantitative estimate of drug-likeness (QED) is 0.830. The number of halogens is 1. The lowest BCUT2D eigenvalue weighted by molar-refractivity contribution is 0.112. The number of hydrogen-bond donors (Lipinski definition) is 1. The Bertz CT molecular complexity index is 310. The van der Waals surface area contributed by atoms with Gasteiger partial charge < -0.3 is 9.84 Å². The van der Waals surface area contributed by atoms with Gasteiger partial charge in [0.1, 0.15) is 5.75 Å². The van der Waals surface area contributed by atoms with Gasteiger partial charge in [0, 0.05) is 17.1 Å². The molecule has 0 saturated carbocycles. The lowest BCUT2D eigenvalue weighted by atomic mass is 10.1. The Kier molecular flexibility index (Phi) is 6.16. The molecule has 0 fully saturated rings. The summed E-state index contributed by atoms with van der Waals surface area (Å²) in [5.74, 6) is 0.736. The van der Waals surface area contributed by atoms with E-state index in [0.717, 1.165) is 29.2 Å². The van der Waals surface area contributed by atoms with E-state index in [1.165, 1.54) is 0 Å². The molecule has 0 spiro atoms. The van der Waals surface area contributed by atoms with Crippen LogP contribution in [-0.4, -0.2) is 25.6 Å². The molecule has 1 aromatic carbocycles. The van der Waals surface area contributed by atoms with Crippen molar-refractivity contribution >= 4 is 22.2 Å². The van der Waals surface area contributed by atoms with E-state index >= 15 is 0 Å². The highest BCUT2D eigenvalue weighted by atomic mass is 79.9. The molecule has 0 aromatic heterocycles. The van der Waals surface area contributed by atoms with Crippen molar-refractivity contribution in [3.8, 4) is 5.75 Å². The van der Waals surface area contributed by atoms with E-state index in [4.69, 9.17) is 9.84 Å². The first-order valence-corrected chi connectivity index (χ1v) is 4.72. The summed E-state index contributed by atoms with van der Waals surface area (Å²) in [5, 5.41) is 7.00. The molecule has 0 aliphatic carbocycles. The van der Waals surface area contributed by atoms with Crippen LogP contribution in [0.15, 0.2) is 16.6 Å². The fourth-order valence-electron chi connectivity index (χ4n) is 0.979. The molecular formula is C10H13BrO3. The van der Waals surface area contributed by atoms with Gasteiger partial charge in [-0.05, 0) is 24.6 Å². The molecule has 1 N–H and O–H groups in total. The van der Waals surface area contributed by atoms with Crippen LogP contribution in [0, 0.1) is 6.92 Å². The minimum Gasteiger partial charge on any atom is -0.496 e. The van der Waals surface area contributed by atoms with Gasteiger partial charge in [-0.25, -0.2) is 0 Å². The molecule has 3 nitrogen and oxygen atoms in total. The maximum atomic E-state index is 10.5. The molecule has 0 amide bonds. The maximum absolute atomic E-state index is 10.5. The number of carbonyl (C=O) groups excluding carboxylic acids is 1. The normalized spacial score (nSPS) is 8.64. The molecule has 0 bridgehead atoms. The highest BCUT2D eigenvalue weighted by molar-refractivity contribution is 9.10. The van der Waals surface area contributed by atoms with Crippen molar-refractivity contribution in [2.75, 3.05) is 14.2 Å². The second-order valence-corrected chi connectivity index (χ2v) is 3.32. The fraction of sp³-hybridized carbons (Fsp3) is 0.300. The van der Waals surface area contributed by atoms with Crippen LogP contribution in [0.25, 0.3) is 0 Å². The largest absolute Gasteiger partial charge is 0.496 e. The molecule has 14 heavy (non-hydrogen) atoms.